The molecule has 0 saturated carbocycles. The van der Waals surface area contributed by atoms with Gasteiger partial charge in [-0.3, -0.25) is 9.58 Å². The fourth-order valence-electron chi connectivity index (χ4n) is 4.26. The van der Waals surface area contributed by atoms with Crippen molar-refractivity contribution in [3.63, 3.8) is 0 Å². The highest BCUT2D eigenvalue weighted by molar-refractivity contribution is 5.43. The lowest BCUT2D eigenvalue weighted by molar-refractivity contribution is -0.0646. The number of aliphatic hydroxyl groups is 1. The predicted octanol–water partition coefficient (Wildman–Crippen LogP) is 3.62. The van der Waals surface area contributed by atoms with E-state index in [4.69, 9.17) is 18.9 Å². The summed E-state index contributed by atoms with van der Waals surface area (Å²) in [6, 6.07) is 13.8. The maximum atomic E-state index is 11.2. The van der Waals surface area contributed by atoms with Gasteiger partial charge >= 0.3 is 0 Å². The second-order valence-electron chi connectivity index (χ2n) is 9.56. The molecule has 8 heteroatoms. The first-order chi connectivity index (χ1) is 17.4. The van der Waals surface area contributed by atoms with Crippen LogP contribution in [0.1, 0.15) is 23.1 Å². The Balaban J connectivity index is 1.34. The number of β-amino-alcohol motifs (C(OH)–C–C–N with tert-alkyl or cyclic N) is 1. The molecule has 0 unspecified atom stereocenters. The van der Waals surface area contributed by atoms with E-state index in [1.807, 2.05) is 73.4 Å². The molecule has 2 aromatic carbocycles. The fourth-order valence-corrected chi connectivity index (χ4v) is 4.26. The molecule has 1 aromatic heterocycles. The Labute approximate surface area is 213 Å². The van der Waals surface area contributed by atoms with Gasteiger partial charge in [0.2, 0.25) is 0 Å². The van der Waals surface area contributed by atoms with E-state index >= 15 is 0 Å². The van der Waals surface area contributed by atoms with Crippen LogP contribution in [0.15, 0.2) is 54.9 Å². The highest BCUT2D eigenvalue weighted by Gasteiger charge is 2.33. The predicted molar refractivity (Wildman–Crippen MR) is 138 cm³/mol. The summed E-state index contributed by atoms with van der Waals surface area (Å²) >= 11 is 0. The van der Waals surface area contributed by atoms with Gasteiger partial charge in [-0.25, -0.2) is 0 Å². The molecule has 36 heavy (non-hydrogen) atoms. The Hall–Kier alpha value is -3.07. The summed E-state index contributed by atoms with van der Waals surface area (Å²) in [5.41, 5.74) is 2.30. The lowest BCUT2D eigenvalue weighted by atomic mass is 10.1. The summed E-state index contributed by atoms with van der Waals surface area (Å²) < 4.78 is 25.1. The van der Waals surface area contributed by atoms with Gasteiger partial charge in [0, 0.05) is 38.8 Å². The Kier molecular flexibility index (Phi) is 8.85. The summed E-state index contributed by atoms with van der Waals surface area (Å²) in [7, 11) is 1.65. The Morgan fingerprint density at radius 3 is 2.64 bits per heavy atom. The van der Waals surface area contributed by atoms with Gasteiger partial charge < -0.3 is 24.1 Å². The normalized spacial score (nSPS) is 18.6. The van der Waals surface area contributed by atoms with Gasteiger partial charge in [-0.05, 0) is 49.2 Å². The van der Waals surface area contributed by atoms with E-state index in [9.17, 15) is 5.11 Å². The summed E-state index contributed by atoms with van der Waals surface area (Å²) in [6.45, 7) is 8.21. The Morgan fingerprint density at radius 2 is 1.89 bits per heavy atom. The number of rotatable bonds is 11. The summed E-state index contributed by atoms with van der Waals surface area (Å²) in [4.78, 5) is 2.19. The van der Waals surface area contributed by atoms with Gasteiger partial charge in [-0.15, -0.1) is 0 Å². The molecule has 1 fully saturated rings. The average Bonchev–Trinajstić information content (AvgIpc) is 3.19. The van der Waals surface area contributed by atoms with E-state index in [1.54, 1.807) is 7.11 Å². The first-order valence-corrected chi connectivity index (χ1v) is 12.4. The molecule has 1 aliphatic heterocycles. The first-order valence-electron chi connectivity index (χ1n) is 12.4. The average molecular weight is 496 g/mol. The van der Waals surface area contributed by atoms with E-state index < -0.39 is 5.60 Å². The fraction of sp³-hybridized carbons (Fsp3) is 0.464. The van der Waals surface area contributed by atoms with Crippen LogP contribution in [0.25, 0.3) is 0 Å². The minimum Gasteiger partial charge on any atom is -0.493 e. The Morgan fingerprint density at radius 1 is 1.06 bits per heavy atom. The molecule has 1 saturated heterocycles. The third kappa shape index (κ3) is 7.46. The van der Waals surface area contributed by atoms with Gasteiger partial charge in [0.25, 0.3) is 0 Å². The number of aromatic nitrogens is 2. The number of aryl methyl sites for hydroxylation is 3. The maximum Gasteiger partial charge on any atom is 0.161 e. The molecule has 4 rings (SSSR count). The third-order valence-electron chi connectivity index (χ3n) is 6.15. The van der Waals surface area contributed by atoms with Crippen LogP contribution in [-0.2, 0) is 17.8 Å². The van der Waals surface area contributed by atoms with Crippen molar-refractivity contribution in [2.75, 3.05) is 46.6 Å². The van der Waals surface area contributed by atoms with E-state index in [2.05, 4.69) is 10.00 Å². The molecule has 0 radical (unpaired) electrons. The summed E-state index contributed by atoms with van der Waals surface area (Å²) in [5, 5.41) is 15.6. The second kappa shape index (κ2) is 12.3. The topological polar surface area (TPSA) is 78.2 Å². The first kappa shape index (κ1) is 26.0. The molecule has 1 aliphatic rings. The van der Waals surface area contributed by atoms with Crippen LogP contribution in [0.2, 0.25) is 0 Å². The molecule has 1 atom stereocenters. The zero-order valence-corrected chi connectivity index (χ0v) is 21.5. The summed E-state index contributed by atoms with van der Waals surface area (Å²) in [6.07, 6.45) is 4.72. The van der Waals surface area contributed by atoms with E-state index in [-0.39, 0.29) is 13.2 Å². The number of methoxy groups -OCH3 is 1. The molecule has 8 nitrogen and oxygen atoms in total. The zero-order valence-electron chi connectivity index (χ0n) is 21.5. The largest absolute Gasteiger partial charge is 0.493 e. The molecule has 0 aliphatic carbocycles. The lowest BCUT2D eigenvalue weighted by Gasteiger charge is -2.30. The molecular weight excluding hydrogens is 458 g/mol. The smallest absolute Gasteiger partial charge is 0.161 e. The van der Waals surface area contributed by atoms with Gasteiger partial charge in [0.05, 0.1) is 33.1 Å². The van der Waals surface area contributed by atoms with Crippen molar-refractivity contribution in [1.29, 1.82) is 0 Å². The molecule has 2 heterocycles. The number of hydrogen-bond donors (Lipinski definition) is 1. The van der Waals surface area contributed by atoms with E-state index in [1.165, 1.54) is 5.56 Å². The maximum absolute atomic E-state index is 11.2. The van der Waals surface area contributed by atoms with Gasteiger partial charge in [0.1, 0.15) is 18.0 Å². The van der Waals surface area contributed by atoms with Crippen LogP contribution in [0.5, 0.6) is 17.2 Å². The SMILES string of the molecule is COc1ccc(CN2CCOC[C@@](O)(COc3ccc(C)cc3)C2)cc1OCCCn1cc(C)cn1. The highest BCUT2D eigenvalue weighted by Crippen LogP contribution is 2.29. The van der Waals surface area contributed by atoms with Crippen molar-refractivity contribution in [1.82, 2.24) is 14.7 Å². The van der Waals surface area contributed by atoms with Crippen molar-refractivity contribution < 1.29 is 24.1 Å². The Bertz CT molecular complexity index is 1100. The second-order valence-corrected chi connectivity index (χ2v) is 9.56. The van der Waals surface area contributed by atoms with Crippen molar-refractivity contribution >= 4 is 0 Å². The number of ether oxygens (including phenoxy) is 4. The molecular formula is C28H37N3O5. The van der Waals surface area contributed by atoms with Gasteiger partial charge in [0.15, 0.2) is 11.5 Å². The number of hydrogen-bond acceptors (Lipinski definition) is 7. The quantitative estimate of drug-likeness (QED) is 0.407. The van der Waals surface area contributed by atoms with Crippen LogP contribution < -0.4 is 14.2 Å². The minimum atomic E-state index is -1.10. The molecule has 1 N–H and O–H groups in total. The molecule has 194 valence electrons. The lowest BCUT2D eigenvalue weighted by Crippen LogP contribution is -2.48. The minimum absolute atomic E-state index is 0.166. The van der Waals surface area contributed by atoms with Crippen molar-refractivity contribution in [2.45, 2.75) is 39.0 Å². The van der Waals surface area contributed by atoms with Crippen LogP contribution in [0, 0.1) is 13.8 Å². The standard InChI is InChI=1S/C28H37N3O5/c1-22-5-8-25(9-6-22)36-21-28(32)19-30(12-14-34-20-28)18-24-7-10-26(33-3)27(15-24)35-13-4-11-31-17-23(2)16-29-31/h5-10,15-17,32H,4,11-14,18-21H2,1-3H3/t28-/m1/s1. The van der Waals surface area contributed by atoms with Crippen LogP contribution in [0.4, 0.5) is 0 Å². The van der Waals surface area contributed by atoms with Crippen molar-refractivity contribution in [3.05, 3.63) is 71.5 Å². The van der Waals surface area contributed by atoms with Crippen molar-refractivity contribution in [3.8, 4) is 17.2 Å². The zero-order chi connectivity index (χ0) is 25.4. The van der Waals surface area contributed by atoms with Crippen LogP contribution >= 0.6 is 0 Å². The van der Waals surface area contributed by atoms with Crippen molar-refractivity contribution in [2.24, 2.45) is 0 Å². The van der Waals surface area contributed by atoms with Gasteiger partial charge in [-0.1, -0.05) is 23.8 Å². The molecule has 3 aromatic rings. The third-order valence-corrected chi connectivity index (χ3v) is 6.15. The highest BCUT2D eigenvalue weighted by atomic mass is 16.5. The van der Waals surface area contributed by atoms with E-state index in [0.717, 1.165) is 42.1 Å². The number of benzene rings is 2. The number of nitrogens with zero attached hydrogens (tertiary/aromatic N) is 3. The molecule has 0 bridgehead atoms. The van der Waals surface area contributed by atoms with Crippen LogP contribution in [0.3, 0.4) is 0 Å². The molecule has 0 spiro atoms. The van der Waals surface area contributed by atoms with E-state index in [0.29, 0.717) is 32.1 Å². The summed E-state index contributed by atoms with van der Waals surface area (Å²) in [5.74, 6) is 2.16. The van der Waals surface area contributed by atoms with Crippen LogP contribution in [-0.4, -0.2) is 72.0 Å². The molecule has 0 amide bonds. The van der Waals surface area contributed by atoms with Gasteiger partial charge in [-0.2, -0.15) is 5.10 Å². The monoisotopic (exact) mass is 495 g/mol.